The minimum Gasteiger partial charge on any atom is -0.300 e. The first kappa shape index (κ1) is 8.52. The minimum atomic E-state index is 1.18. The van der Waals surface area contributed by atoms with Gasteiger partial charge < -0.3 is 4.90 Å². The van der Waals surface area contributed by atoms with Crippen molar-refractivity contribution in [3.8, 4) is 0 Å². The van der Waals surface area contributed by atoms with Gasteiger partial charge in [0.15, 0.2) is 0 Å². The summed E-state index contributed by atoms with van der Waals surface area (Å²) in [5.41, 5.74) is 1.30. The van der Waals surface area contributed by atoms with Crippen molar-refractivity contribution in [3.63, 3.8) is 0 Å². The van der Waals surface area contributed by atoms with Crippen LogP contribution in [0.15, 0.2) is 36.4 Å². The highest BCUT2D eigenvalue weighted by atomic mass is 15.2. The summed E-state index contributed by atoms with van der Waals surface area (Å²) in [5.74, 6) is 0. The van der Waals surface area contributed by atoms with Gasteiger partial charge in [-0.25, -0.2) is 0 Å². The molecule has 1 aromatic carbocycles. The number of rotatable bonds is 4. The maximum atomic E-state index is 2.44. The van der Waals surface area contributed by atoms with E-state index >= 15 is 0 Å². The Hall–Kier alpha value is -1.08. The van der Waals surface area contributed by atoms with Crippen molar-refractivity contribution in [1.82, 2.24) is 4.90 Å². The van der Waals surface area contributed by atoms with Crippen molar-refractivity contribution in [1.29, 1.82) is 0 Å². The Kier molecular flexibility index (Phi) is 2.78. The number of hydrogen-bond donors (Lipinski definition) is 0. The highest BCUT2D eigenvalue weighted by Gasteiger charge is 2.14. The maximum Gasteiger partial charge on any atom is 0.0110 e. The van der Waals surface area contributed by atoms with Gasteiger partial charge in [0.1, 0.15) is 0 Å². The highest BCUT2D eigenvalue weighted by Crippen LogP contribution is 2.06. The first-order valence-electron chi connectivity index (χ1n) is 4.89. The van der Waals surface area contributed by atoms with Crippen LogP contribution in [-0.2, 0) is 0 Å². The van der Waals surface area contributed by atoms with Crippen molar-refractivity contribution < 1.29 is 0 Å². The Morgan fingerprint density at radius 2 is 1.92 bits per heavy atom. The highest BCUT2D eigenvalue weighted by molar-refractivity contribution is 5.48. The van der Waals surface area contributed by atoms with Gasteiger partial charge in [0, 0.05) is 19.6 Å². The van der Waals surface area contributed by atoms with Crippen LogP contribution in [0.25, 0.3) is 6.08 Å². The summed E-state index contributed by atoms with van der Waals surface area (Å²) < 4.78 is 0. The molecular formula is C12H15N. The molecule has 1 nitrogen and oxygen atoms in total. The molecule has 0 aromatic heterocycles. The normalized spacial score (nSPS) is 16.6. The molecule has 1 saturated heterocycles. The van der Waals surface area contributed by atoms with Gasteiger partial charge in [-0.05, 0) is 12.0 Å². The average Bonchev–Trinajstić information content (AvgIpc) is 2.98. The third kappa shape index (κ3) is 3.03. The van der Waals surface area contributed by atoms with E-state index in [-0.39, 0.29) is 0 Å². The Morgan fingerprint density at radius 3 is 2.62 bits per heavy atom. The van der Waals surface area contributed by atoms with E-state index in [1.54, 1.807) is 0 Å². The molecule has 0 unspecified atom stereocenters. The predicted molar refractivity (Wildman–Crippen MR) is 56.5 cm³/mol. The molecule has 0 atom stereocenters. The van der Waals surface area contributed by atoms with E-state index in [0.717, 1.165) is 0 Å². The van der Waals surface area contributed by atoms with Gasteiger partial charge in [0.25, 0.3) is 0 Å². The summed E-state index contributed by atoms with van der Waals surface area (Å²) in [6.45, 7) is 3.84. The van der Waals surface area contributed by atoms with E-state index in [1.807, 2.05) is 6.07 Å². The molecule has 0 aliphatic carbocycles. The fourth-order valence-electron chi connectivity index (χ4n) is 1.33. The summed E-state index contributed by atoms with van der Waals surface area (Å²) in [5, 5.41) is 0. The molecular weight excluding hydrogens is 158 g/mol. The SMILES string of the molecule is C(=Cc1ccccc1)CCN1CC1. The molecule has 0 spiro atoms. The van der Waals surface area contributed by atoms with Gasteiger partial charge in [0.05, 0.1) is 0 Å². The Labute approximate surface area is 79.7 Å². The lowest BCUT2D eigenvalue weighted by molar-refractivity contribution is 0.568. The average molecular weight is 173 g/mol. The van der Waals surface area contributed by atoms with E-state index in [0.29, 0.717) is 0 Å². The van der Waals surface area contributed by atoms with Crippen molar-refractivity contribution >= 4 is 6.08 Å². The third-order valence-electron chi connectivity index (χ3n) is 2.26. The Bertz CT molecular complexity index is 272. The fourth-order valence-corrected chi connectivity index (χ4v) is 1.33. The van der Waals surface area contributed by atoms with Crippen LogP contribution in [-0.4, -0.2) is 24.5 Å². The molecule has 1 aromatic rings. The second-order valence-electron chi connectivity index (χ2n) is 3.44. The summed E-state index contributed by atoms with van der Waals surface area (Å²) in [7, 11) is 0. The van der Waals surface area contributed by atoms with Gasteiger partial charge in [-0.2, -0.15) is 0 Å². The second kappa shape index (κ2) is 4.24. The topological polar surface area (TPSA) is 3.01 Å². The van der Waals surface area contributed by atoms with Crippen LogP contribution in [0.5, 0.6) is 0 Å². The zero-order valence-electron chi connectivity index (χ0n) is 7.82. The van der Waals surface area contributed by atoms with Crippen molar-refractivity contribution in [2.45, 2.75) is 6.42 Å². The Balaban J connectivity index is 1.76. The van der Waals surface area contributed by atoms with Gasteiger partial charge in [0.2, 0.25) is 0 Å². The molecule has 0 saturated carbocycles. The number of benzene rings is 1. The molecule has 1 fully saturated rings. The summed E-state index contributed by atoms with van der Waals surface area (Å²) >= 11 is 0. The molecule has 68 valence electrons. The van der Waals surface area contributed by atoms with E-state index in [1.165, 1.54) is 31.6 Å². The monoisotopic (exact) mass is 173 g/mol. The third-order valence-corrected chi connectivity index (χ3v) is 2.26. The first-order chi connectivity index (χ1) is 6.45. The molecule has 1 heteroatoms. The van der Waals surface area contributed by atoms with Gasteiger partial charge in [-0.15, -0.1) is 0 Å². The number of hydrogen-bond acceptors (Lipinski definition) is 1. The van der Waals surface area contributed by atoms with Crippen LogP contribution < -0.4 is 0 Å². The van der Waals surface area contributed by atoms with Crippen LogP contribution in [0, 0.1) is 0 Å². The van der Waals surface area contributed by atoms with Gasteiger partial charge in [-0.3, -0.25) is 0 Å². The fraction of sp³-hybridized carbons (Fsp3) is 0.333. The molecule has 0 N–H and O–H groups in total. The van der Waals surface area contributed by atoms with Crippen LogP contribution in [0.1, 0.15) is 12.0 Å². The van der Waals surface area contributed by atoms with E-state index < -0.39 is 0 Å². The lowest BCUT2D eigenvalue weighted by atomic mass is 10.2. The van der Waals surface area contributed by atoms with Crippen molar-refractivity contribution in [2.75, 3.05) is 19.6 Å². The lowest BCUT2D eigenvalue weighted by Gasteiger charge is -1.94. The molecule has 1 aliphatic rings. The van der Waals surface area contributed by atoms with Crippen LogP contribution >= 0.6 is 0 Å². The lowest BCUT2D eigenvalue weighted by Crippen LogP contribution is -1.95. The summed E-state index contributed by atoms with van der Waals surface area (Å²) in [4.78, 5) is 2.44. The van der Waals surface area contributed by atoms with E-state index in [9.17, 15) is 0 Å². The molecule has 0 radical (unpaired) electrons. The molecule has 0 amide bonds. The number of nitrogens with zero attached hydrogens (tertiary/aromatic N) is 1. The maximum absolute atomic E-state index is 2.44. The van der Waals surface area contributed by atoms with Gasteiger partial charge in [-0.1, -0.05) is 42.5 Å². The predicted octanol–water partition coefficient (Wildman–Crippen LogP) is 2.41. The largest absolute Gasteiger partial charge is 0.300 e. The second-order valence-corrected chi connectivity index (χ2v) is 3.44. The smallest absolute Gasteiger partial charge is 0.0110 e. The quantitative estimate of drug-likeness (QED) is 0.632. The van der Waals surface area contributed by atoms with Crippen molar-refractivity contribution in [2.24, 2.45) is 0 Å². The molecule has 1 aliphatic heterocycles. The summed E-state index contributed by atoms with van der Waals surface area (Å²) in [6, 6.07) is 10.5. The minimum absolute atomic E-state index is 1.18. The summed E-state index contributed by atoms with van der Waals surface area (Å²) in [6.07, 6.45) is 5.63. The van der Waals surface area contributed by atoms with Crippen LogP contribution in [0.2, 0.25) is 0 Å². The van der Waals surface area contributed by atoms with E-state index in [4.69, 9.17) is 0 Å². The molecule has 13 heavy (non-hydrogen) atoms. The Morgan fingerprint density at radius 1 is 1.15 bits per heavy atom. The first-order valence-corrected chi connectivity index (χ1v) is 4.89. The molecule has 1 heterocycles. The standard InChI is InChI=1S/C12H15N/c1-2-6-12(7-3-1)8-4-5-9-13-10-11-13/h1-4,6-8H,5,9-11H2. The molecule has 0 bridgehead atoms. The zero-order chi connectivity index (χ0) is 8.93. The zero-order valence-corrected chi connectivity index (χ0v) is 7.82. The van der Waals surface area contributed by atoms with Crippen molar-refractivity contribution in [3.05, 3.63) is 42.0 Å². The van der Waals surface area contributed by atoms with E-state index in [2.05, 4.69) is 41.3 Å². The van der Waals surface area contributed by atoms with Crippen LogP contribution in [0.3, 0.4) is 0 Å². The van der Waals surface area contributed by atoms with Gasteiger partial charge >= 0.3 is 0 Å². The molecule has 2 rings (SSSR count). The van der Waals surface area contributed by atoms with Crippen LogP contribution in [0.4, 0.5) is 0 Å².